The molecule has 0 heterocycles. The fraction of sp³-hybridized carbons (Fsp3) is 0.625. The minimum absolute atomic E-state index is 0.126. The van der Waals surface area contributed by atoms with Crippen molar-refractivity contribution in [1.82, 2.24) is 5.32 Å². The summed E-state index contributed by atoms with van der Waals surface area (Å²) in [6.07, 6.45) is 2.13. The van der Waals surface area contributed by atoms with E-state index in [1.807, 2.05) is 19.1 Å². The van der Waals surface area contributed by atoms with Crippen LogP contribution in [0, 0.1) is 12.7 Å². The van der Waals surface area contributed by atoms with Crippen LogP contribution in [-0.2, 0) is 4.74 Å². The van der Waals surface area contributed by atoms with Crippen molar-refractivity contribution in [3.63, 3.8) is 0 Å². The van der Waals surface area contributed by atoms with Crippen molar-refractivity contribution in [2.75, 3.05) is 13.2 Å². The summed E-state index contributed by atoms with van der Waals surface area (Å²) in [5.41, 5.74) is 1.79. The van der Waals surface area contributed by atoms with Crippen molar-refractivity contribution < 1.29 is 9.13 Å². The Morgan fingerprint density at radius 2 is 2.00 bits per heavy atom. The second kappa shape index (κ2) is 8.28. The molecule has 0 aromatic heterocycles. The van der Waals surface area contributed by atoms with E-state index in [-0.39, 0.29) is 18.0 Å². The Morgan fingerprint density at radius 3 is 2.53 bits per heavy atom. The molecule has 0 spiro atoms. The number of benzene rings is 1. The van der Waals surface area contributed by atoms with Crippen molar-refractivity contribution in [3.8, 4) is 0 Å². The van der Waals surface area contributed by atoms with Gasteiger partial charge in [-0.1, -0.05) is 26.0 Å². The molecule has 0 amide bonds. The summed E-state index contributed by atoms with van der Waals surface area (Å²) in [5.74, 6) is -0.151. The molecule has 2 atom stereocenters. The second-order valence-electron chi connectivity index (χ2n) is 4.84. The van der Waals surface area contributed by atoms with Gasteiger partial charge in [0.1, 0.15) is 5.82 Å². The normalized spacial score (nSPS) is 14.4. The van der Waals surface area contributed by atoms with E-state index in [1.54, 1.807) is 13.0 Å². The van der Waals surface area contributed by atoms with Gasteiger partial charge in [-0.25, -0.2) is 4.39 Å². The molecule has 0 saturated heterocycles. The Morgan fingerprint density at radius 1 is 1.26 bits per heavy atom. The summed E-state index contributed by atoms with van der Waals surface area (Å²) < 4.78 is 19.2. The van der Waals surface area contributed by atoms with Gasteiger partial charge in [0.05, 0.1) is 12.1 Å². The van der Waals surface area contributed by atoms with Crippen LogP contribution in [0.1, 0.15) is 50.8 Å². The number of nitrogens with one attached hydrogen (secondary N) is 1. The first kappa shape index (κ1) is 16.1. The summed E-state index contributed by atoms with van der Waals surface area (Å²) in [6, 6.07) is 5.45. The third kappa shape index (κ3) is 4.59. The van der Waals surface area contributed by atoms with Crippen molar-refractivity contribution in [2.45, 2.75) is 52.7 Å². The number of rotatable bonds is 8. The molecule has 1 aromatic carbocycles. The Bertz CT molecular complexity index is 381. The Hall–Kier alpha value is -0.930. The first-order valence-corrected chi connectivity index (χ1v) is 7.25. The van der Waals surface area contributed by atoms with E-state index < -0.39 is 0 Å². The van der Waals surface area contributed by atoms with Crippen molar-refractivity contribution >= 4 is 0 Å². The summed E-state index contributed by atoms with van der Waals surface area (Å²) in [7, 11) is 0. The smallest absolute Gasteiger partial charge is 0.126 e. The lowest BCUT2D eigenvalue weighted by molar-refractivity contribution is 0.0314. The van der Waals surface area contributed by atoms with Gasteiger partial charge in [-0.2, -0.15) is 0 Å². The minimum Gasteiger partial charge on any atom is -0.377 e. The number of aryl methyl sites for hydroxylation is 1. The highest BCUT2D eigenvalue weighted by molar-refractivity contribution is 5.27. The van der Waals surface area contributed by atoms with Gasteiger partial charge in [-0.3, -0.25) is 0 Å². The average Bonchev–Trinajstić information content (AvgIpc) is 2.41. The Balaban J connectivity index is 2.96. The molecule has 1 N–H and O–H groups in total. The number of hydrogen-bond acceptors (Lipinski definition) is 2. The van der Waals surface area contributed by atoms with E-state index in [4.69, 9.17) is 4.74 Å². The highest BCUT2D eigenvalue weighted by atomic mass is 19.1. The largest absolute Gasteiger partial charge is 0.377 e. The molecule has 1 aromatic rings. The van der Waals surface area contributed by atoms with Gasteiger partial charge in [0, 0.05) is 6.61 Å². The maximum atomic E-state index is 13.4. The van der Waals surface area contributed by atoms with Crippen molar-refractivity contribution in [2.24, 2.45) is 0 Å². The molecule has 0 bridgehead atoms. The van der Waals surface area contributed by atoms with E-state index in [0.717, 1.165) is 24.9 Å². The molecule has 1 rings (SSSR count). The highest BCUT2D eigenvalue weighted by Gasteiger charge is 2.22. The lowest BCUT2D eigenvalue weighted by atomic mass is 9.97. The van der Waals surface area contributed by atoms with Crippen molar-refractivity contribution in [3.05, 3.63) is 35.1 Å². The molecular weight excluding hydrogens is 241 g/mol. The summed E-state index contributed by atoms with van der Waals surface area (Å²) in [5, 5.41) is 3.52. The average molecular weight is 267 g/mol. The van der Waals surface area contributed by atoms with E-state index in [9.17, 15) is 4.39 Å². The first-order valence-electron chi connectivity index (χ1n) is 7.25. The third-order valence-electron chi connectivity index (χ3n) is 3.31. The third-order valence-corrected chi connectivity index (χ3v) is 3.31. The van der Waals surface area contributed by atoms with Gasteiger partial charge in [0.15, 0.2) is 0 Å². The van der Waals surface area contributed by atoms with Crippen LogP contribution in [0.3, 0.4) is 0 Å². The minimum atomic E-state index is -0.151. The molecule has 0 fully saturated rings. The maximum Gasteiger partial charge on any atom is 0.126 e. The van der Waals surface area contributed by atoms with E-state index in [0.29, 0.717) is 12.2 Å². The van der Waals surface area contributed by atoms with Crippen LogP contribution in [-0.4, -0.2) is 19.3 Å². The fourth-order valence-corrected chi connectivity index (χ4v) is 2.29. The standard InChI is InChI=1S/C16H26FNO/c1-5-10-18-16(15(6-2)19-7-3)13-8-9-14(17)12(4)11-13/h8-9,11,15-16,18H,5-7,10H2,1-4H3. The SMILES string of the molecule is CCCNC(c1ccc(F)c(C)c1)C(CC)OCC. The van der Waals surface area contributed by atoms with Gasteiger partial charge < -0.3 is 10.1 Å². The monoisotopic (exact) mass is 267 g/mol. The first-order chi connectivity index (χ1) is 9.13. The number of hydrogen-bond donors (Lipinski definition) is 1. The molecule has 108 valence electrons. The zero-order chi connectivity index (χ0) is 14.3. The molecule has 0 saturated carbocycles. The molecule has 0 aliphatic carbocycles. The van der Waals surface area contributed by atoms with Gasteiger partial charge in [0.2, 0.25) is 0 Å². The Labute approximate surface area is 116 Å². The number of halogens is 1. The van der Waals surface area contributed by atoms with Gasteiger partial charge in [-0.05, 0) is 50.4 Å². The lowest BCUT2D eigenvalue weighted by Gasteiger charge is -2.28. The summed E-state index contributed by atoms with van der Waals surface area (Å²) in [4.78, 5) is 0. The van der Waals surface area contributed by atoms with Crippen LogP contribution in [0.2, 0.25) is 0 Å². The van der Waals surface area contributed by atoms with Crippen LogP contribution in [0.25, 0.3) is 0 Å². The van der Waals surface area contributed by atoms with E-state index >= 15 is 0 Å². The molecule has 2 nitrogen and oxygen atoms in total. The lowest BCUT2D eigenvalue weighted by Crippen LogP contribution is -2.34. The second-order valence-corrected chi connectivity index (χ2v) is 4.84. The Kier molecular flexibility index (Phi) is 7.03. The van der Waals surface area contributed by atoms with E-state index in [2.05, 4.69) is 19.2 Å². The van der Waals surface area contributed by atoms with Crippen molar-refractivity contribution in [1.29, 1.82) is 0 Å². The van der Waals surface area contributed by atoms with E-state index in [1.165, 1.54) is 0 Å². The molecule has 0 radical (unpaired) electrons. The molecule has 0 aliphatic rings. The van der Waals surface area contributed by atoms with Crippen LogP contribution in [0.5, 0.6) is 0 Å². The van der Waals surface area contributed by atoms with Gasteiger partial charge >= 0.3 is 0 Å². The summed E-state index contributed by atoms with van der Waals surface area (Å²) >= 11 is 0. The predicted octanol–water partition coefficient (Wildman–Crippen LogP) is 3.99. The van der Waals surface area contributed by atoms with Crippen LogP contribution in [0.15, 0.2) is 18.2 Å². The van der Waals surface area contributed by atoms with Crippen LogP contribution in [0.4, 0.5) is 4.39 Å². The molecule has 2 unspecified atom stereocenters. The van der Waals surface area contributed by atoms with Crippen LogP contribution >= 0.6 is 0 Å². The molecule has 19 heavy (non-hydrogen) atoms. The summed E-state index contributed by atoms with van der Waals surface area (Å²) in [6.45, 7) is 9.71. The maximum absolute atomic E-state index is 13.4. The topological polar surface area (TPSA) is 21.3 Å². The quantitative estimate of drug-likeness (QED) is 0.769. The predicted molar refractivity (Wildman–Crippen MR) is 77.9 cm³/mol. The zero-order valence-electron chi connectivity index (χ0n) is 12.5. The molecule has 0 aliphatic heterocycles. The van der Waals surface area contributed by atoms with Gasteiger partial charge in [-0.15, -0.1) is 0 Å². The fourth-order valence-electron chi connectivity index (χ4n) is 2.29. The molecular formula is C16H26FNO. The number of ether oxygens (including phenoxy) is 1. The molecule has 3 heteroatoms. The van der Waals surface area contributed by atoms with Crippen LogP contribution < -0.4 is 5.32 Å². The highest BCUT2D eigenvalue weighted by Crippen LogP contribution is 2.23. The zero-order valence-corrected chi connectivity index (χ0v) is 12.5. The van der Waals surface area contributed by atoms with Gasteiger partial charge in [0.25, 0.3) is 0 Å².